The molecule has 0 aliphatic rings. The van der Waals surface area contributed by atoms with Gasteiger partial charge in [-0.3, -0.25) is 9.38 Å². The third-order valence-corrected chi connectivity index (χ3v) is 5.25. The summed E-state index contributed by atoms with van der Waals surface area (Å²) in [5.41, 5.74) is 5.85. The van der Waals surface area contributed by atoms with Gasteiger partial charge in [0, 0.05) is 29.6 Å². The van der Waals surface area contributed by atoms with Gasteiger partial charge in [-0.05, 0) is 31.5 Å². The van der Waals surface area contributed by atoms with E-state index >= 15 is 0 Å². The molecule has 0 fully saturated rings. The third kappa shape index (κ3) is 3.34. The minimum atomic E-state index is 0.453. The van der Waals surface area contributed by atoms with Crippen LogP contribution in [-0.4, -0.2) is 31.7 Å². The minimum Gasteiger partial charge on any atom is -0.494 e. The van der Waals surface area contributed by atoms with Crippen LogP contribution in [0.5, 0.6) is 11.5 Å². The quantitative estimate of drug-likeness (QED) is 0.423. The predicted molar refractivity (Wildman–Crippen MR) is 118 cm³/mol. The Labute approximate surface area is 179 Å². The van der Waals surface area contributed by atoms with Crippen molar-refractivity contribution in [3.8, 4) is 22.9 Å². The Hall–Kier alpha value is -4.00. The van der Waals surface area contributed by atoms with Gasteiger partial charge >= 0.3 is 0 Å². The van der Waals surface area contributed by atoms with Crippen LogP contribution < -0.4 is 9.47 Å². The molecule has 154 valence electrons. The van der Waals surface area contributed by atoms with E-state index in [1.165, 1.54) is 0 Å². The molecule has 0 N–H and O–H groups in total. The zero-order chi connectivity index (χ0) is 21.4. The summed E-state index contributed by atoms with van der Waals surface area (Å²) in [6, 6.07) is 17.8. The highest BCUT2D eigenvalue weighted by molar-refractivity contribution is 5.86. The van der Waals surface area contributed by atoms with Crippen LogP contribution in [0.2, 0.25) is 0 Å². The van der Waals surface area contributed by atoms with E-state index in [4.69, 9.17) is 14.5 Å². The Morgan fingerprint density at radius 1 is 0.935 bits per heavy atom. The molecular weight excluding hydrogens is 390 g/mol. The van der Waals surface area contributed by atoms with Crippen LogP contribution in [0.15, 0.2) is 60.8 Å². The average Bonchev–Trinajstić information content (AvgIpc) is 3.14. The summed E-state index contributed by atoms with van der Waals surface area (Å²) in [5, 5.41) is 8.85. The number of fused-ring (bicyclic) bond motifs is 3. The van der Waals surface area contributed by atoms with Gasteiger partial charge in [0.15, 0.2) is 16.9 Å². The summed E-state index contributed by atoms with van der Waals surface area (Å²) in [6.07, 6.45) is 1.78. The van der Waals surface area contributed by atoms with Crippen LogP contribution >= 0.6 is 0 Å². The van der Waals surface area contributed by atoms with E-state index in [2.05, 4.69) is 15.2 Å². The molecule has 0 aliphatic heterocycles. The number of imidazole rings is 1. The van der Waals surface area contributed by atoms with E-state index in [-0.39, 0.29) is 0 Å². The lowest BCUT2D eigenvalue weighted by Crippen LogP contribution is -2.02. The number of benzene rings is 2. The van der Waals surface area contributed by atoms with E-state index in [0.717, 1.165) is 33.9 Å². The molecule has 7 heteroatoms. The van der Waals surface area contributed by atoms with Crippen molar-refractivity contribution in [2.75, 3.05) is 7.11 Å². The molecule has 5 aromatic rings. The molecule has 0 bridgehead atoms. The first kappa shape index (κ1) is 19.0. The van der Waals surface area contributed by atoms with Crippen molar-refractivity contribution >= 4 is 16.7 Å². The van der Waals surface area contributed by atoms with Gasteiger partial charge in [0.25, 0.3) is 0 Å². The lowest BCUT2D eigenvalue weighted by Gasteiger charge is -2.12. The highest BCUT2D eigenvalue weighted by atomic mass is 16.5. The first-order valence-corrected chi connectivity index (χ1v) is 9.98. The summed E-state index contributed by atoms with van der Waals surface area (Å²) in [4.78, 5) is 9.22. The Morgan fingerprint density at radius 2 is 1.77 bits per heavy atom. The third-order valence-electron chi connectivity index (χ3n) is 5.25. The molecule has 0 spiro atoms. The van der Waals surface area contributed by atoms with Crippen LogP contribution in [0.4, 0.5) is 0 Å². The van der Waals surface area contributed by atoms with E-state index in [0.29, 0.717) is 29.3 Å². The maximum absolute atomic E-state index is 6.09. The number of aryl methyl sites for hydroxylation is 2. The predicted octanol–water partition coefficient (Wildman–Crippen LogP) is 4.54. The highest BCUT2D eigenvalue weighted by Gasteiger charge is 2.19. The number of hydrogen-bond donors (Lipinski definition) is 0. The molecule has 0 atom stereocenters. The Bertz CT molecular complexity index is 1400. The SMILES string of the molecule is COc1cc(OCc2ccccc2)cc2c1nnc1c(C)nc(-c3cccnc3C)n12. The van der Waals surface area contributed by atoms with Crippen molar-refractivity contribution in [2.24, 2.45) is 0 Å². The van der Waals surface area contributed by atoms with Gasteiger partial charge in [-0.2, -0.15) is 0 Å². The van der Waals surface area contributed by atoms with Crippen molar-refractivity contribution in [2.45, 2.75) is 20.5 Å². The molecule has 2 aromatic carbocycles. The lowest BCUT2D eigenvalue weighted by molar-refractivity contribution is 0.304. The van der Waals surface area contributed by atoms with E-state index < -0.39 is 0 Å². The van der Waals surface area contributed by atoms with Gasteiger partial charge < -0.3 is 9.47 Å². The van der Waals surface area contributed by atoms with E-state index in [1.54, 1.807) is 13.3 Å². The molecule has 0 amide bonds. The standard InChI is InChI=1S/C24H21N5O2/c1-15-19(10-7-11-25-15)24-26-16(2)23-28-27-22-20(29(23)24)12-18(13-21(22)30-3)31-14-17-8-5-4-6-9-17/h4-13H,14H2,1-3H3. The molecule has 0 unspecified atom stereocenters. The molecular formula is C24H21N5O2. The zero-order valence-corrected chi connectivity index (χ0v) is 17.5. The number of ether oxygens (including phenoxy) is 2. The summed E-state index contributed by atoms with van der Waals surface area (Å²) in [5.74, 6) is 2.04. The van der Waals surface area contributed by atoms with Crippen molar-refractivity contribution in [1.82, 2.24) is 24.6 Å². The fraction of sp³-hybridized carbons (Fsp3) is 0.167. The molecule has 0 radical (unpaired) electrons. The van der Waals surface area contributed by atoms with Crippen molar-refractivity contribution < 1.29 is 9.47 Å². The number of aromatic nitrogens is 5. The monoisotopic (exact) mass is 411 g/mol. The maximum Gasteiger partial charge on any atom is 0.183 e. The topological polar surface area (TPSA) is 74.4 Å². The van der Waals surface area contributed by atoms with Gasteiger partial charge in [0.05, 0.1) is 18.3 Å². The summed E-state index contributed by atoms with van der Waals surface area (Å²) >= 11 is 0. The molecule has 3 heterocycles. The smallest absolute Gasteiger partial charge is 0.183 e. The van der Waals surface area contributed by atoms with Gasteiger partial charge in [-0.1, -0.05) is 30.3 Å². The second-order valence-corrected chi connectivity index (χ2v) is 7.28. The molecule has 7 nitrogen and oxygen atoms in total. The Kier molecular flexibility index (Phi) is 4.71. The van der Waals surface area contributed by atoms with Crippen molar-refractivity contribution in [3.63, 3.8) is 0 Å². The summed E-state index contributed by atoms with van der Waals surface area (Å²) in [6.45, 7) is 4.35. The van der Waals surface area contributed by atoms with Gasteiger partial charge in [0.1, 0.15) is 18.2 Å². The van der Waals surface area contributed by atoms with Crippen LogP contribution in [-0.2, 0) is 6.61 Å². The van der Waals surface area contributed by atoms with Crippen molar-refractivity contribution in [3.05, 3.63) is 77.7 Å². The number of nitrogens with zero attached hydrogens (tertiary/aromatic N) is 5. The fourth-order valence-electron chi connectivity index (χ4n) is 3.68. The van der Waals surface area contributed by atoms with Gasteiger partial charge in [-0.25, -0.2) is 4.98 Å². The summed E-state index contributed by atoms with van der Waals surface area (Å²) < 4.78 is 13.7. The second-order valence-electron chi connectivity index (χ2n) is 7.28. The molecule has 31 heavy (non-hydrogen) atoms. The minimum absolute atomic E-state index is 0.453. The van der Waals surface area contributed by atoms with E-state index in [1.807, 2.05) is 72.8 Å². The first-order valence-electron chi connectivity index (χ1n) is 9.98. The number of rotatable bonds is 5. The molecule has 3 aromatic heterocycles. The van der Waals surface area contributed by atoms with Gasteiger partial charge in [0.2, 0.25) is 0 Å². The highest BCUT2D eigenvalue weighted by Crippen LogP contribution is 2.33. The van der Waals surface area contributed by atoms with E-state index in [9.17, 15) is 0 Å². The first-order chi connectivity index (χ1) is 15.2. The Balaban J connectivity index is 1.72. The number of pyridine rings is 1. The van der Waals surface area contributed by atoms with Crippen LogP contribution in [0.25, 0.3) is 28.1 Å². The summed E-state index contributed by atoms with van der Waals surface area (Å²) in [7, 11) is 1.62. The van der Waals surface area contributed by atoms with Crippen LogP contribution in [0, 0.1) is 13.8 Å². The molecule has 0 saturated heterocycles. The fourth-order valence-corrected chi connectivity index (χ4v) is 3.68. The van der Waals surface area contributed by atoms with Gasteiger partial charge in [-0.15, -0.1) is 10.2 Å². The number of hydrogen-bond acceptors (Lipinski definition) is 6. The zero-order valence-electron chi connectivity index (χ0n) is 17.5. The van der Waals surface area contributed by atoms with Crippen LogP contribution in [0.1, 0.15) is 17.0 Å². The normalized spacial score (nSPS) is 11.2. The maximum atomic E-state index is 6.09. The second kappa shape index (κ2) is 7.68. The van der Waals surface area contributed by atoms with Crippen LogP contribution in [0.3, 0.4) is 0 Å². The molecule has 0 aliphatic carbocycles. The Morgan fingerprint density at radius 3 is 2.55 bits per heavy atom. The number of methoxy groups -OCH3 is 1. The largest absolute Gasteiger partial charge is 0.494 e. The lowest BCUT2D eigenvalue weighted by atomic mass is 10.2. The molecule has 0 saturated carbocycles. The van der Waals surface area contributed by atoms with Crippen molar-refractivity contribution in [1.29, 1.82) is 0 Å². The molecule has 5 rings (SSSR count). The average molecular weight is 411 g/mol.